The highest BCUT2D eigenvalue weighted by Gasteiger charge is 2.41. The first-order valence-electron chi connectivity index (χ1n) is 5.44. The number of aromatic nitrogens is 1. The Hall–Kier alpha value is -2.06. The minimum Gasteiger partial charge on any atom is -0.477 e. The monoisotopic (exact) mass is 296 g/mol. The average molecular weight is 296 g/mol. The van der Waals surface area contributed by atoms with Crippen molar-refractivity contribution in [2.45, 2.75) is 26.2 Å². The van der Waals surface area contributed by atoms with Gasteiger partial charge in [-0.2, -0.15) is 8.78 Å². The second-order valence-corrected chi connectivity index (χ2v) is 4.17. The Labute approximate surface area is 111 Å². The van der Waals surface area contributed by atoms with Crippen molar-refractivity contribution in [3.05, 3.63) is 22.5 Å². The molecule has 1 rings (SSSR count). The first-order valence-corrected chi connectivity index (χ1v) is 5.44. The van der Waals surface area contributed by atoms with Gasteiger partial charge < -0.3 is 15.4 Å². The van der Waals surface area contributed by atoms with E-state index < -0.39 is 30.8 Å². The molecular formula is C11H12F4N2O3. The molecule has 0 aliphatic carbocycles. The minimum atomic E-state index is -4.34. The molecule has 1 aromatic heterocycles. The molecule has 0 spiro atoms. The molecule has 1 heterocycles. The Morgan fingerprint density at radius 1 is 1.35 bits per heavy atom. The van der Waals surface area contributed by atoms with Crippen LogP contribution in [0.3, 0.4) is 0 Å². The van der Waals surface area contributed by atoms with Crippen molar-refractivity contribution < 1.29 is 32.3 Å². The number of rotatable bonds is 5. The third kappa shape index (κ3) is 3.09. The summed E-state index contributed by atoms with van der Waals surface area (Å²) in [5.74, 6) is -6.70. The Morgan fingerprint density at radius 2 is 1.90 bits per heavy atom. The molecule has 0 aliphatic heterocycles. The fourth-order valence-electron chi connectivity index (χ4n) is 1.67. The number of aromatic carboxylic acids is 1. The van der Waals surface area contributed by atoms with Gasteiger partial charge in [-0.3, -0.25) is 4.79 Å². The molecule has 112 valence electrons. The molecule has 0 fully saturated rings. The van der Waals surface area contributed by atoms with Crippen molar-refractivity contribution >= 4 is 11.9 Å². The molecule has 5 nitrogen and oxygen atoms in total. The van der Waals surface area contributed by atoms with E-state index in [-0.39, 0.29) is 22.5 Å². The summed E-state index contributed by atoms with van der Waals surface area (Å²) in [6.07, 6.45) is -3.90. The predicted molar refractivity (Wildman–Crippen MR) is 60.5 cm³/mol. The van der Waals surface area contributed by atoms with Crippen LogP contribution in [-0.4, -0.2) is 40.9 Å². The van der Waals surface area contributed by atoms with Crippen LogP contribution in [0.4, 0.5) is 17.6 Å². The number of carbonyl (C=O) groups excluding carboxylic acids is 1. The van der Waals surface area contributed by atoms with E-state index in [2.05, 4.69) is 4.98 Å². The lowest BCUT2D eigenvalue weighted by Gasteiger charge is -2.15. The largest absolute Gasteiger partial charge is 0.477 e. The molecule has 1 amide bonds. The predicted octanol–water partition coefficient (Wildman–Crippen LogP) is 1.96. The van der Waals surface area contributed by atoms with Crippen LogP contribution in [0, 0.1) is 13.8 Å². The summed E-state index contributed by atoms with van der Waals surface area (Å²) in [5.41, 5.74) is -0.202. The van der Waals surface area contributed by atoms with Gasteiger partial charge in [0.1, 0.15) is 5.69 Å². The van der Waals surface area contributed by atoms with Gasteiger partial charge in [0.25, 0.3) is 5.91 Å². The zero-order chi connectivity index (χ0) is 15.7. The van der Waals surface area contributed by atoms with E-state index in [4.69, 9.17) is 5.11 Å². The average Bonchev–Trinajstić information content (AvgIpc) is 2.62. The number of hydrogen-bond acceptors (Lipinski definition) is 2. The number of H-pyrrole nitrogens is 1. The van der Waals surface area contributed by atoms with Crippen molar-refractivity contribution in [2.24, 2.45) is 0 Å². The van der Waals surface area contributed by atoms with Crippen LogP contribution in [0.25, 0.3) is 0 Å². The summed E-state index contributed by atoms with van der Waals surface area (Å²) in [5, 5.41) is 10.5. The number of aromatic amines is 1. The number of carbonyl (C=O) groups is 2. The van der Waals surface area contributed by atoms with Crippen LogP contribution in [0.1, 0.15) is 32.1 Å². The fourth-order valence-corrected chi connectivity index (χ4v) is 1.67. The van der Waals surface area contributed by atoms with E-state index in [9.17, 15) is 27.2 Å². The SMILES string of the molecule is Cc1[nH]c(C(=O)O)c(C)c1C(=O)NCC(F)(F)C(F)F. The van der Waals surface area contributed by atoms with Crippen molar-refractivity contribution in [3.8, 4) is 0 Å². The zero-order valence-corrected chi connectivity index (χ0v) is 10.6. The first-order chi connectivity index (χ1) is 9.08. The van der Waals surface area contributed by atoms with E-state index in [1.165, 1.54) is 13.8 Å². The van der Waals surface area contributed by atoms with Crippen LogP contribution in [0.15, 0.2) is 0 Å². The number of amides is 1. The van der Waals surface area contributed by atoms with Crippen molar-refractivity contribution in [2.75, 3.05) is 6.54 Å². The van der Waals surface area contributed by atoms with Crippen LogP contribution >= 0.6 is 0 Å². The lowest BCUT2D eigenvalue weighted by atomic mass is 10.1. The van der Waals surface area contributed by atoms with Gasteiger partial charge in [-0.1, -0.05) is 0 Å². The van der Waals surface area contributed by atoms with Gasteiger partial charge >= 0.3 is 18.3 Å². The molecular weight excluding hydrogens is 284 g/mol. The Morgan fingerprint density at radius 3 is 2.30 bits per heavy atom. The van der Waals surface area contributed by atoms with Gasteiger partial charge in [-0.05, 0) is 19.4 Å². The summed E-state index contributed by atoms with van der Waals surface area (Å²) >= 11 is 0. The number of aryl methyl sites for hydroxylation is 1. The molecule has 0 saturated heterocycles. The van der Waals surface area contributed by atoms with Gasteiger partial charge in [0, 0.05) is 5.69 Å². The van der Waals surface area contributed by atoms with E-state index >= 15 is 0 Å². The van der Waals surface area contributed by atoms with Crippen molar-refractivity contribution in [1.82, 2.24) is 10.3 Å². The minimum absolute atomic E-state index is 0.0489. The van der Waals surface area contributed by atoms with Gasteiger partial charge in [-0.25, -0.2) is 13.6 Å². The highest BCUT2D eigenvalue weighted by atomic mass is 19.3. The maximum Gasteiger partial charge on any atom is 0.352 e. The molecule has 20 heavy (non-hydrogen) atoms. The molecule has 9 heteroatoms. The number of alkyl halides is 4. The highest BCUT2D eigenvalue weighted by Crippen LogP contribution is 2.22. The number of hydrogen-bond donors (Lipinski definition) is 3. The molecule has 0 aromatic carbocycles. The molecule has 3 N–H and O–H groups in total. The first kappa shape index (κ1) is 16.0. The standard InChI is InChI=1S/C11H12F4N2O3/c1-4-6(5(2)17-7(4)9(19)20)8(18)16-3-11(14,15)10(12)13/h10,17H,3H2,1-2H3,(H,16,18)(H,19,20). The topological polar surface area (TPSA) is 82.2 Å². The lowest BCUT2D eigenvalue weighted by Crippen LogP contribution is -2.41. The molecule has 0 bridgehead atoms. The normalized spacial score (nSPS) is 11.8. The molecule has 0 unspecified atom stereocenters. The van der Waals surface area contributed by atoms with Gasteiger partial charge in [0.2, 0.25) is 0 Å². The summed E-state index contributed by atoms with van der Waals surface area (Å²) in [7, 11) is 0. The summed E-state index contributed by atoms with van der Waals surface area (Å²) in [6, 6.07) is 0. The Kier molecular flexibility index (Phi) is 4.41. The van der Waals surface area contributed by atoms with Crippen molar-refractivity contribution in [3.63, 3.8) is 0 Å². The maximum absolute atomic E-state index is 12.7. The fraction of sp³-hybridized carbons (Fsp3) is 0.455. The number of nitrogens with one attached hydrogen (secondary N) is 2. The third-order valence-electron chi connectivity index (χ3n) is 2.68. The summed E-state index contributed by atoms with van der Waals surface area (Å²) in [4.78, 5) is 24.9. The third-order valence-corrected chi connectivity index (χ3v) is 2.68. The zero-order valence-electron chi connectivity index (χ0n) is 10.6. The molecule has 1 aromatic rings. The van der Waals surface area contributed by atoms with Gasteiger partial charge in [-0.15, -0.1) is 0 Å². The van der Waals surface area contributed by atoms with E-state index in [1.807, 2.05) is 0 Å². The Balaban J connectivity index is 2.92. The molecule has 0 aliphatic rings. The maximum atomic E-state index is 12.7. The smallest absolute Gasteiger partial charge is 0.352 e. The highest BCUT2D eigenvalue weighted by molar-refractivity contribution is 6.00. The number of halogens is 4. The Bertz CT molecular complexity index is 540. The van der Waals surface area contributed by atoms with Crippen LogP contribution in [0.5, 0.6) is 0 Å². The van der Waals surface area contributed by atoms with E-state index in [0.29, 0.717) is 0 Å². The molecule has 0 saturated carbocycles. The van der Waals surface area contributed by atoms with Gasteiger partial charge in [0.05, 0.1) is 12.1 Å². The number of carboxylic acids is 1. The second kappa shape index (κ2) is 5.51. The molecule has 0 atom stereocenters. The summed E-state index contributed by atoms with van der Waals surface area (Å²) < 4.78 is 49.3. The number of carboxylic acid groups (broad SMARTS) is 1. The van der Waals surface area contributed by atoms with Crippen molar-refractivity contribution in [1.29, 1.82) is 0 Å². The second-order valence-electron chi connectivity index (χ2n) is 4.17. The van der Waals surface area contributed by atoms with E-state index in [0.717, 1.165) is 0 Å². The quantitative estimate of drug-likeness (QED) is 0.726. The lowest BCUT2D eigenvalue weighted by molar-refractivity contribution is -0.123. The van der Waals surface area contributed by atoms with Gasteiger partial charge in [0.15, 0.2) is 0 Å². The molecule has 0 radical (unpaired) electrons. The van der Waals surface area contributed by atoms with E-state index in [1.54, 1.807) is 5.32 Å². The van der Waals surface area contributed by atoms with Crippen LogP contribution in [-0.2, 0) is 0 Å². The van der Waals surface area contributed by atoms with Crippen LogP contribution < -0.4 is 5.32 Å². The van der Waals surface area contributed by atoms with Crippen LogP contribution in [0.2, 0.25) is 0 Å². The summed E-state index contributed by atoms with van der Waals surface area (Å²) in [6.45, 7) is 1.16.